The number of aromatic nitrogens is 1. The molecule has 2 aromatic rings. The first-order valence-electron chi connectivity index (χ1n) is 14.3. The van der Waals surface area contributed by atoms with E-state index in [1.54, 1.807) is 4.90 Å². The van der Waals surface area contributed by atoms with Gasteiger partial charge in [-0.05, 0) is 108 Å². The molecule has 2 atom stereocenters. The van der Waals surface area contributed by atoms with Gasteiger partial charge >= 0.3 is 12.3 Å². The SMILES string of the molecule is CC(C)(C)OC(=O)N1C2CCC1CC(c1ccc(N3C(=S)N(c4cnc(N)c(C(F)(F)F)c4)C(=O)C34CCC4)cc1)C2. The normalized spacial score (nSPS) is 25.3. The van der Waals surface area contributed by atoms with Gasteiger partial charge in [-0.2, -0.15) is 13.2 Å². The lowest BCUT2D eigenvalue weighted by molar-refractivity contribution is -0.137. The van der Waals surface area contributed by atoms with Gasteiger partial charge in [0.1, 0.15) is 17.0 Å². The van der Waals surface area contributed by atoms with Gasteiger partial charge in [0.25, 0.3) is 5.91 Å². The summed E-state index contributed by atoms with van der Waals surface area (Å²) in [4.78, 5) is 35.2. The molecule has 2 N–H and O–H groups in total. The van der Waals surface area contributed by atoms with Gasteiger partial charge < -0.3 is 20.3 Å². The number of halogens is 3. The smallest absolute Gasteiger partial charge is 0.420 e. The minimum absolute atomic E-state index is 0.0517. The monoisotopic (exact) mass is 601 g/mol. The summed E-state index contributed by atoms with van der Waals surface area (Å²) < 4.78 is 46.3. The molecule has 2 bridgehead atoms. The first-order chi connectivity index (χ1) is 19.7. The molecule has 1 aliphatic carbocycles. The summed E-state index contributed by atoms with van der Waals surface area (Å²) in [5, 5.41) is 0.121. The molecule has 4 heterocycles. The number of carbonyl (C=O) groups is 2. The molecule has 1 saturated carbocycles. The lowest BCUT2D eigenvalue weighted by Crippen LogP contribution is -2.55. The zero-order valence-electron chi connectivity index (χ0n) is 23.8. The molecule has 2 unspecified atom stereocenters. The van der Waals surface area contributed by atoms with Crippen LogP contribution >= 0.6 is 12.2 Å². The summed E-state index contributed by atoms with van der Waals surface area (Å²) in [6.45, 7) is 5.63. The van der Waals surface area contributed by atoms with Crippen molar-refractivity contribution in [2.24, 2.45) is 0 Å². The van der Waals surface area contributed by atoms with Crippen molar-refractivity contribution in [1.82, 2.24) is 9.88 Å². The largest absolute Gasteiger partial charge is 0.444 e. The Balaban J connectivity index is 1.23. The van der Waals surface area contributed by atoms with Crippen molar-refractivity contribution in [2.45, 2.75) is 101 Å². The van der Waals surface area contributed by atoms with Crippen LogP contribution in [0.25, 0.3) is 0 Å². The Hall–Kier alpha value is -3.41. The van der Waals surface area contributed by atoms with Crippen molar-refractivity contribution in [3.8, 4) is 0 Å². The highest BCUT2D eigenvalue weighted by Gasteiger charge is 2.60. The second kappa shape index (κ2) is 9.82. The third-order valence-electron chi connectivity index (χ3n) is 9.02. The van der Waals surface area contributed by atoms with E-state index in [0.29, 0.717) is 18.5 Å². The molecule has 3 saturated heterocycles. The molecule has 3 aliphatic heterocycles. The van der Waals surface area contributed by atoms with Crippen LogP contribution in [0.2, 0.25) is 0 Å². The zero-order chi connectivity index (χ0) is 30.2. The maximum absolute atomic E-state index is 13.7. The Labute approximate surface area is 248 Å². The van der Waals surface area contributed by atoms with E-state index in [1.165, 1.54) is 0 Å². The number of piperidine rings is 1. The lowest BCUT2D eigenvalue weighted by atomic mass is 9.75. The van der Waals surface area contributed by atoms with E-state index in [1.807, 2.05) is 49.9 Å². The maximum Gasteiger partial charge on any atom is 0.420 e. The van der Waals surface area contributed by atoms with E-state index in [4.69, 9.17) is 22.7 Å². The number of hydrogen-bond donors (Lipinski definition) is 1. The average molecular weight is 602 g/mol. The van der Waals surface area contributed by atoms with Crippen molar-refractivity contribution in [3.05, 3.63) is 47.7 Å². The van der Waals surface area contributed by atoms with E-state index < -0.39 is 28.7 Å². The molecule has 6 rings (SSSR count). The van der Waals surface area contributed by atoms with E-state index in [9.17, 15) is 22.8 Å². The van der Waals surface area contributed by atoms with Crippen LogP contribution in [-0.4, -0.2) is 50.2 Å². The molecule has 8 nitrogen and oxygen atoms in total. The highest BCUT2D eigenvalue weighted by Crippen LogP contribution is 2.49. The number of carbonyl (C=O) groups excluding carboxylic acids is 2. The maximum atomic E-state index is 13.7. The highest BCUT2D eigenvalue weighted by atomic mass is 32.1. The van der Waals surface area contributed by atoms with Crippen molar-refractivity contribution in [1.29, 1.82) is 0 Å². The quantitative estimate of drug-likeness (QED) is 0.408. The number of nitrogen functional groups attached to an aromatic ring is 1. The van der Waals surface area contributed by atoms with Crippen LogP contribution in [0.3, 0.4) is 0 Å². The number of rotatable bonds is 3. The Morgan fingerprint density at radius 3 is 2.21 bits per heavy atom. The van der Waals surface area contributed by atoms with E-state index in [-0.39, 0.29) is 40.8 Å². The molecule has 1 spiro atoms. The number of nitrogens with zero attached hydrogens (tertiary/aromatic N) is 4. The highest BCUT2D eigenvalue weighted by molar-refractivity contribution is 7.81. The Bertz CT molecular complexity index is 1420. The number of fused-ring (bicyclic) bond motifs is 2. The fourth-order valence-electron chi connectivity index (χ4n) is 6.98. The van der Waals surface area contributed by atoms with Crippen LogP contribution in [0.5, 0.6) is 0 Å². The number of pyridine rings is 1. The Morgan fingerprint density at radius 1 is 1.07 bits per heavy atom. The van der Waals surface area contributed by atoms with Crippen LogP contribution in [0.4, 0.5) is 35.2 Å². The van der Waals surface area contributed by atoms with Gasteiger partial charge in [-0.3, -0.25) is 9.69 Å². The standard InChI is InChI=1S/C30H34F3N5O3S/c1-28(2,3)41-27(40)36-20-9-10-21(36)14-18(13-20)17-5-7-19(8-6-17)38-26(42)37(25(39)29(38)11-4-12-29)22-15-23(30(31,32)33)24(34)35-16-22/h5-8,15-16,18,20-21H,4,9-14H2,1-3H3,(H2,34,35). The Kier molecular flexibility index (Phi) is 6.71. The van der Waals surface area contributed by atoms with Gasteiger partial charge in [0.2, 0.25) is 0 Å². The van der Waals surface area contributed by atoms with Crippen molar-refractivity contribution >= 4 is 46.5 Å². The fourth-order valence-corrected chi connectivity index (χ4v) is 7.45. The first kappa shape index (κ1) is 28.7. The number of thiocarbonyl (C=S) groups is 1. The van der Waals surface area contributed by atoms with Gasteiger partial charge in [0, 0.05) is 17.8 Å². The molecule has 1 aromatic heterocycles. The molecule has 4 aliphatic rings. The number of anilines is 3. The number of alkyl halides is 3. The van der Waals surface area contributed by atoms with Gasteiger partial charge in [-0.25, -0.2) is 9.78 Å². The van der Waals surface area contributed by atoms with E-state index >= 15 is 0 Å². The summed E-state index contributed by atoms with van der Waals surface area (Å²) in [6.07, 6.45) is 1.70. The summed E-state index contributed by atoms with van der Waals surface area (Å²) in [7, 11) is 0. The molecule has 4 fully saturated rings. The lowest BCUT2D eigenvalue weighted by Gasteiger charge is -2.43. The second-order valence-electron chi connectivity index (χ2n) is 12.8. The van der Waals surface area contributed by atoms with E-state index in [2.05, 4.69) is 4.98 Å². The minimum atomic E-state index is -4.72. The van der Waals surface area contributed by atoms with Crippen LogP contribution in [0, 0.1) is 0 Å². The van der Waals surface area contributed by atoms with Gasteiger partial charge in [0.05, 0.1) is 17.4 Å². The predicted octanol–water partition coefficient (Wildman–Crippen LogP) is 6.39. The van der Waals surface area contributed by atoms with Crippen molar-refractivity contribution in [2.75, 3.05) is 15.5 Å². The van der Waals surface area contributed by atoms with E-state index in [0.717, 1.165) is 54.8 Å². The molecule has 0 radical (unpaired) electrons. The molecular weight excluding hydrogens is 567 g/mol. The first-order valence-corrected chi connectivity index (χ1v) is 14.7. The topological polar surface area (TPSA) is 92.0 Å². The summed E-state index contributed by atoms with van der Waals surface area (Å²) in [5.74, 6) is -0.730. The fraction of sp³-hybridized carbons (Fsp3) is 0.533. The van der Waals surface area contributed by atoms with Gasteiger partial charge in [0.15, 0.2) is 5.11 Å². The molecule has 224 valence electrons. The number of nitrogens with two attached hydrogens (primary N) is 1. The average Bonchev–Trinajstić information content (AvgIpc) is 3.28. The third-order valence-corrected chi connectivity index (χ3v) is 9.39. The van der Waals surface area contributed by atoms with Crippen LogP contribution in [0.1, 0.15) is 82.8 Å². The van der Waals surface area contributed by atoms with Crippen molar-refractivity contribution in [3.63, 3.8) is 0 Å². The molecule has 1 aromatic carbocycles. The zero-order valence-corrected chi connectivity index (χ0v) is 24.6. The van der Waals surface area contributed by atoms with Crippen LogP contribution in [0.15, 0.2) is 36.5 Å². The summed E-state index contributed by atoms with van der Waals surface area (Å²) in [5.41, 5.74) is 4.72. The summed E-state index contributed by atoms with van der Waals surface area (Å²) in [6, 6.07) is 9.05. The third kappa shape index (κ3) is 4.67. The molecular formula is C30H34F3N5O3S. The molecule has 12 heteroatoms. The van der Waals surface area contributed by atoms with Gasteiger partial charge in [-0.1, -0.05) is 12.1 Å². The minimum Gasteiger partial charge on any atom is -0.444 e. The van der Waals surface area contributed by atoms with Crippen LogP contribution < -0.4 is 15.5 Å². The number of hydrogen-bond acceptors (Lipinski definition) is 6. The number of amides is 2. The van der Waals surface area contributed by atoms with Crippen LogP contribution in [-0.2, 0) is 15.7 Å². The second-order valence-corrected chi connectivity index (χ2v) is 13.2. The molecule has 2 amide bonds. The predicted molar refractivity (Wildman–Crippen MR) is 156 cm³/mol. The summed E-state index contributed by atoms with van der Waals surface area (Å²) >= 11 is 5.74. The van der Waals surface area contributed by atoms with Gasteiger partial charge in [-0.15, -0.1) is 0 Å². The van der Waals surface area contributed by atoms with Crippen molar-refractivity contribution < 1.29 is 27.5 Å². The number of benzene rings is 1. The number of ether oxygens (including phenoxy) is 1. The Morgan fingerprint density at radius 2 is 1.69 bits per heavy atom. The molecule has 42 heavy (non-hydrogen) atoms.